The summed E-state index contributed by atoms with van der Waals surface area (Å²) in [6.07, 6.45) is 6.60. The number of hydrogen-bond donors (Lipinski definition) is 2. The van der Waals surface area contributed by atoms with E-state index in [0.29, 0.717) is 25.4 Å². The van der Waals surface area contributed by atoms with Crippen LogP contribution in [-0.2, 0) is 28.6 Å². The van der Waals surface area contributed by atoms with Crippen molar-refractivity contribution < 1.29 is 18.7 Å². The van der Waals surface area contributed by atoms with E-state index < -0.39 is 0 Å². The van der Waals surface area contributed by atoms with Crippen LogP contribution in [0.15, 0.2) is 97.1 Å². The van der Waals surface area contributed by atoms with E-state index in [9.17, 15) is 9.18 Å². The lowest BCUT2D eigenvalue weighted by atomic mass is 9.67. The molecule has 1 aliphatic heterocycles. The fourth-order valence-electron chi connectivity index (χ4n) is 7.56. The van der Waals surface area contributed by atoms with E-state index in [1.165, 1.54) is 34.4 Å². The first-order valence-electron chi connectivity index (χ1n) is 16.9. The maximum absolute atomic E-state index is 13.3. The zero-order chi connectivity index (χ0) is 33.3. The van der Waals surface area contributed by atoms with Gasteiger partial charge >= 0.3 is 0 Å². The maximum Gasteiger partial charge on any atom is 0.220 e. The molecule has 0 bridgehead atoms. The van der Waals surface area contributed by atoms with Gasteiger partial charge in [0.15, 0.2) is 11.5 Å². The highest BCUT2D eigenvalue weighted by atomic mass is 35.5. The quantitative estimate of drug-likeness (QED) is 0.124. The van der Waals surface area contributed by atoms with E-state index >= 15 is 0 Å². The molecule has 0 saturated carbocycles. The summed E-state index contributed by atoms with van der Waals surface area (Å²) in [5.41, 5.74) is 5.73. The minimum absolute atomic E-state index is 0. The van der Waals surface area contributed by atoms with Crippen molar-refractivity contribution in [1.29, 1.82) is 0 Å². The van der Waals surface area contributed by atoms with E-state index in [2.05, 4.69) is 97.3 Å². The molecule has 256 valence electrons. The van der Waals surface area contributed by atoms with Crippen molar-refractivity contribution in [2.45, 2.75) is 82.2 Å². The van der Waals surface area contributed by atoms with E-state index in [1.54, 1.807) is 26.4 Å². The van der Waals surface area contributed by atoms with Gasteiger partial charge in [-0.3, -0.25) is 4.79 Å². The van der Waals surface area contributed by atoms with Gasteiger partial charge in [0.2, 0.25) is 5.91 Å². The monoisotopic (exact) mass is 672 g/mol. The predicted molar refractivity (Wildman–Crippen MR) is 195 cm³/mol. The summed E-state index contributed by atoms with van der Waals surface area (Å²) in [4.78, 5) is 12.7. The summed E-state index contributed by atoms with van der Waals surface area (Å²) in [6.45, 7) is 5.18. The number of hydrogen-bond acceptors (Lipinski definition) is 4. The molecule has 0 spiro atoms. The highest BCUT2D eigenvalue weighted by Crippen LogP contribution is 2.45. The molecule has 7 heteroatoms. The number of aryl methyl sites for hydroxylation is 1. The molecule has 5 nitrogen and oxygen atoms in total. The molecule has 5 rings (SSSR count). The van der Waals surface area contributed by atoms with Crippen molar-refractivity contribution in [2.24, 2.45) is 0 Å². The average Bonchev–Trinajstić information content (AvgIpc) is 3.09. The van der Waals surface area contributed by atoms with Gasteiger partial charge in [-0.2, -0.15) is 0 Å². The average molecular weight is 673 g/mol. The van der Waals surface area contributed by atoms with E-state index in [-0.39, 0.29) is 35.1 Å². The van der Waals surface area contributed by atoms with Crippen LogP contribution in [0.5, 0.6) is 11.5 Å². The van der Waals surface area contributed by atoms with Gasteiger partial charge < -0.3 is 20.1 Å². The predicted octanol–water partition coefficient (Wildman–Crippen LogP) is 8.70. The topological polar surface area (TPSA) is 59.6 Å². The molecule has 1 amide bonds. The maximum atomic E-state index is 13.3. The van der Waals surface area contributed by atoms with Gasteiger partial charge in [0.1, 0.15) is 5.82 Å². The lowest BCUT2D eigenvalue weighted by Gasteiger charge is -2.42. The Kier molecular flexibility index (Phi) is 13.1. The molecule has 0 saturated heterocycles. The first-order chi connectivity index (χ1) is 22.8. The third-order valence-electron chi connectivity index (χ3n) is 9.88. The van der Waals surface area contributed by atoms with Crippen molar-refractivity contribution in [1.82, 2.24) is 10.6 Å². The molecule has 2 atom stereocenters. The van der Waals surface area contributed by atoms with Gasteiger partial charge in [0.25, 0.3) is 0 Å². The van der Waals surface area contributed by atoms with Crippen molar-refractivity contribution in [3.8, 4) is 11.5 Å². The van der Waals surface area contributed by atoms with Crippen LogP contribution in [0.25, 0.3) is 0 Å². The molecule has 0 fully saturated rings. The van der Waals surface area contributed by atoms with Crippen LogP contribution < -0.4 is 20.1 Å². The van der Waals surface area contributed by atoms with E-state index in [1.807, 2.05) is 0 Å². The summed E-state index contributed by atoms with van der Waals surface area (Å²) in [6, 6.07) is 32.7. The van der Waals surface area contributed by atoms with Gasteiger partial charge in [-0.15, -0.1) is 12.4 Å². The van der Waals surface area contributed by atoms with Crippen LogP contribution in [0.1, 0.15) is 80.2 Å². The number of ether oxygens (including phenoxy) is 2. The summed E-state index contributed by atoms with van der Waals surface area (Å²) in [7, 11) is 3.39. The van der Waals surface area contributed by atoms with Crippen molar-refractivity contribution in [2.75, 3.05) is 20.8 Å². The molecule has 4 aromatic rings. The smallest absolute Gasteiger partial charge is 0.220 e. The number of fused-ring (bicyclic) bond motifs is 1. The third kappa shape index (κ3) is 8.77. The van der Waals surface area contributed by atoms with Gasteiger partial charge in [0.05, 0.1) is 14.2 Å². The second-order valence-electron chi connectivity index (χ2n) is 13.2. The Balaban J connectivity index is 0.00000520. The lowest BCUT2D eigenvalue weighted by molar-refractivity contribution is -0.121. The largest absolute Gasteiger partial charge is 0.493 e. The Labute approximate surface area is 292 Å². The Morgan fingerprint density at radius 3 is 2.08 bits per heavy atom. The zero-order valence-corrected chi connectivity index (χ0v) is 29.5. The highest BCUT2D eigenvalue weighted by Gasteiger charge is 2.38. The second-order valence-corrected chi connectivity index (χ2v) is 13.2. The van der Waals surface area contributed by atoms with Crippen LogP contribution in [0, 0.1) is 5.82 Å². The number of amides is 1. The number of methoxy groups -OCH3 is 2. The highest BCUT2D eigenvalue weighted by molar-refractivity contribution is 5.85. The van der Waals surface area contributed by atoms with Crippen LogP contribution in [0.2, 0.25) is 0 Å². The summed E-state index contributed by atoms with van der Waals surface area (Å²) in [5.74, 6) is 1.30. The Hall–Kier alpha value is -3.87. The Morgan fingerprint density at radius 2 is 1.48 bits per heavy atom. The molecular weight excluding hydrogens is 623 g/mol. The summed E-state index contributed by atoms with van der Waals surface area (Å²) in [5, 5.41) is 7.08. The molecule has 1 heterocycles. The molecule has 2 unspecified atom stereocenters. The minimum Gasteiger partial charge on any atom is -0.493 e. The Morgan fingerprint density at radius 1 is 0.896 bits per heavy atom. The molecule has 0 aliphatic carbocycles. The molecule has 1 aliphatic rings. The summed E-state index contributed by atoms with van der Waals surface area (Å²) >= 11 is 0. The number of carbonyl (C=O) groups excluding carboxylic acids is 1. The number of carbonyl (C=O) groups is 1. The number of halogens is 2. The first-order valence-corrected chi connectivity index (χ1v) is 16.9. The fraction of sp³-hybridized carbons (Fsp3) is 0.390. The Bertz CT molecular complexity index is 1560. The molecule has 0 aromatic heterocycles. The lowest BCUT2D eigenvalue weighted by Crippen LogP contribution is -2.50. The third-order valence-corrected chi connectivity index (χ3v) is 9.88. The van der Waals surface area contributed by atoms with Crippen LogP contribution >= 0.6 is 12.4 Å². The van der Waals surface area contributed by atoms with Gasteiger partial charge in [-0.25, -0.2) is 4.39 Å². The van der Waals surface area contributed by atoms with Gasteiger partial charge in [0, 0.05) is 30.0 Å². The fourth-order valence-corrected chi connectivity index (χ4v) is 7.56. The van der Waals surface area contributed by atoms with Crippen molar-refractivity contribution in [3.05, 3.63) is 131 Å². The van der Waals surface area contributed by atoms with Crippen molar-refractivity contribution in [3.63, 3.8) is 0 Å². The van der Waals surface area contributed by atoms with Crippen molar-refractivity contribution >= 4 is 18.3 Å². The zero-order valence-electron chi connectivity index (χ0n) is 28.7. The SMILES string of the molecule is COc1cc2c(cc1OC)C(C)(CCCC(CCCNC(=O)CCc1ccc(F)cc1)(c1ccccc1)c1ccccc1)NC(C)C2.Cl. The van der Waals surface area contributed by atoms with E-state index in [4.69, 9.17) is 9.47 Å². The summed E-state index contributed by atoms with van der Waals surface area (Å²) < 4.78 is 24.6. The minimum atomic E-state index is -0.261. The number of rotatable bonds is 15. The molecule has 48 heavy (non-hydrogen) atoms. The number of benzene rings is 4. The molecule has 4 aromatic carbocycles. The van der Waals surface area contributed by atoms with Gasteiger partial charge in [-0.1, -0.05) is 79.2 Å². The number of nitrogens with one attached hydrogen (secondary N) is 2. The van der Waals surface area contributed by atoms with Crippen LogP contribution in [-0.4, -0.2) is 32.7 Å². The first kappa shape index (κ1) is 37.0. The van der Waals surface area contributed by atoms with E-state index in [0.717, 1.165) is 55.6 Å². The molecule has 0 radical (unpaired) electrons. The van der Waals surface area contributed by atoms with Gasteiger partial charge in [-0.05, 0) is 104 Å². The normalized spacial score (nSPS) is 17.1. The standard InChI is InChI=1S/C41H49FN2O3.ClH/c1-30-27-32-28-37(46-3)38(47-4)29-36(32)40(2,44-30)23-11-24-41(33-13-7-5-8-14-33,34-15-9-6-10-16-34)25-12-26-43-39(45)22-19-31-17-20-35(42)21-18-31;/h5-10,13-18,20-21,28-30,44H,11-12,19,22-27H2,1-4H3,(H,43,45);1H. The van der Waals surface area contributed by atoms with Crippen LogP contribution in [0.3, 0.4) is 0 Å². The second kappa shape index (κ2) is 17.0. The van der Waals surface area contributed by atoms with Crippen LogP contribution in [0.4, 0.5) is 4.39 Å². The molecule has 2 N–H and O–H groups in total. The molecular formula is C41H50ClFN2O3.